The van der Waals surface area contributed by atoms with Gasteiger partial charge < -0.3 is 15.4 Å². The van der Waals surface area contributed by atoms with E-state index in [9.17, 15) is 14.4 Å². The summed E-state index contributed by atoms with van der Waals surface area (Å²) in [5, 5.41) is 9.91. The molecule has 0 aliphatic carbocycles. The molecular formula is C31H37Cl2N7O4S. The molecule has 0 aliphatic heterocycles. The Hall–Kier alpha value is -3.58. The van der Waals surface area contributed by atoms with Crippen LogP contribution in [0.15, 0.2) is 57.2 Å². The van der Waals surface area contributed by atoms with E-state index in [4.69, 9.17) is 33.7 Å². The van der Waals surface area contributed by atoms with Crippen molar-refractivity contribution >= 4 is 52.4 Å². The van der Waals surface area contributed by atoms with Gasteiger partial charge >= 0.3 is 5.69 Å². The Kier molecular flexibility index (Phi) is 11.2. The van der Waals surface area contributed by atoms with Crippen LogP contribution in [0.5, 0.6) is 0 Å². The Balaban J connectivity index is 1.73. The van der Waals surface area contributed by atoms with Crippen LogP contribution in [0.25, 0.3) is 17.1 Å². The standard InChI is InChI=1S/C31H37Cl2N7O4S/c1-6-7-15-39-26(34)25(28(42)35-29(39)43)38(16-17-44-5)23(41)18-45-30-37-36-27(19-11-13-20(14-12-19)31(2,3)4)40(30)22-10-8-9-21(32)24(22)33/h8-14H,6-7,15-18,34H2,1-5H3,(H,35,42,43). The number of aromatic nitrogens is 5. The van der Waals surface area contributed by atoms with E-state index < -0.39 is 17.2 Å². The van der Waals surface area contributed by atoms with E-state index in [2.05, 4.69) is 36.0 Å². The molecule has 4 aromatic rings. The molecule has 1 amide bonds. The van der Waals surface area contributed by atoms with E-state index >= 15 is 0 Å². The van der Waals surface area contributed by atoms with Crippen molar-refractivity contribution in [2.24, 2.45) is 0 Å². The summed E-state index contributed by atoms with van der Waals surface area (Å²) in [4.78, 5) is 42.8. The second kappa shape index (κ2) is 14.7. The van der Waals surface area contributed by atoms with Gasteiger partial charge in [-0.15, -0.1) is 10.2 Å². The molecule has 0 bridgehead atoms. The number of benzene rings is 2. The number of rotatable bonds is 12. The highest BCUT2D eigenvalue weighted by atomic mass is 35.5. The summed E-state index contributed by atoms with van der Waals surface area (Å²) in [6, 6.07) is 13.3. The van der Waals surface area contributed by atoms with Crippen molar-refractivity contribution in [3.63, 3.8) is 0 Å². The number of nitrogens with one attached hydrogen (secondary N) is 1. The molecule has 0 radical (unpaired) electrons. The molecule has 0 aliphatic rings. The smallest absolute Gasteiger partial charge is 0.330 e. The lowest BCUT2D eigenvalue weighted by Gasteiger charge is -2.24. The number of carbonyl (C=O) groups excluding carboxylic acids is 1. The van der Waals surface area contributed by atoms with Gasteiger partial charge in [-0.1, -0.05) is 99.4 Å². The van der Waals surface area contributed by atoms with E-state index in [1.54, 1.807) is 22.8 Å². The van der Waals surface area contributed by atoms with E-state index in [0.29, 0.717) is 39.7 Å². The topological polar surface area (TPSA) is 141 Å². The van der Waals surface area contributed by atoms with Gasteiger partial charge in [0, 0.05) is 25.8 Å². The first-order valence-electron chi connectivity index (χ1n) is 14.4. The predicted octanol–water partition coefficient (Wildman–Crippen LogP) is 5.54. The zero-order valence-electron chi connectivity index (χ0n) is 25.9. The number of halogens is 2. The second-order valence-electron chi connectivity index (χ2n) is 11.4. The van der Waals surface area contributed by atoms with E-state index in [1.165, 1.54) is 16.6 Å². The molecular weight excluding hydrogens is 637 g/mol. The highest BCUT2D eigenvalue weighted by Crippen LogP contribution is 2.35. The van der Waals surface area contributed by atoms with Crippen molar-refractivity contribution in [2.45, 2.75) is 57.7 Å². The summed E-state index contributed by atoms with van der Waals surface area (Å²) in [6.45, 7) is 8.85. The van der Waals surface area contributed by atoms with Crippen LogP contribution in [-0.2, 0) is 21.5 Å². The summed E-state index contributed by atoms with van der Waals surface area (Å²) < 4.78 is 8.24. The quantitative estimate of drug-likeness (QED) is 0.187. The van der Waals surface area contributed by atoms with Crippen LogP contribution in [0.3, 0.4) is 0 Å². The van der Waals surface area contributed by atoms with Gasteiger partial charge in [0.1, 0.15) is 5.82 Å². The Bertz CT molecular complexity index is 1780. The maximum atomic E-state index is 13.8. The number of hydrogen-bond acceptors (Lipinski definition) is 8. The van der Waals surface area contributed by atoms with Crippen LogP contribution in [0.4, 0.5) is 11.5 Å². The van der Waals surface area contributed by atoms with Gasteiger partial charge in [-0.05, 0) is 29.5 Å². The molecule has 0 saturated heterocycles. The van der Waals surface area contributed by atoms with E-state index in [-0.39, 0.29) is 35.8 Å². The predicted molar refractivity (Wildman–Crippen MR) is 181 cm³/mol. The number of aromatic amines is 1. The molecule has 0 unspecified atom stereocenters. The molecule has 0 saturated carbocycles. The van der Waals surface area contributed by atoms with Crippen molar-refractivity contribution < 1.29 is 9.53 Å². The number of unbranched alkanes of at least 4 members (excludes halogenated alkanes) is 1. The third-order valence-corrected chi connectivity index (χ3v) is 8.90. The first kappa shape index (κ1) is 34.3. The summed E-state index contributed by atoms with van der Waals surface area (Å²) in [5.41, 5.74) is 7.30. The molecule has 0 atom stereocenters. The number of ether oxygens (including phenoxy) is 1. The van der Waals surface area contributed by atoms with Gasteiger partial charge in [0.05, 0.1) is 28.1 Å². The number of nitrogen functional groups attached to an aromatic ring is 1. The number of nitrogens with two attached hydrogens (primary N) is 1. The number of anilines is 2. The monoisotopic (exact) mass is 673 g/mol. The molecule has 11 nitrogen and oxygen atoms in total. The van der Waals surface area contributed by atoms with Crippen molar-refractivity contribution in [1.29, 1.82) is 0 Å². The zero-order chi connectivity index (χ0) is 32.9. The summed E-state index contributed by atoms with van der Waals surface area (Å²) in [5.74, 6) is -0.163. The minimum atomic E-state index is -0.755. The molecule has 240 valence electrons. The number of methoxy groups -OCH3 is 1. The van der Waals surface area contributed by atoms with Crippen molar-refractivity contribution in [3.8, 4) is 17.1 Å². The van der Waals surface area contributed by atoms with Crippen molar-refractivity contribution in [3.05, 3.63) is 78.9 Å². The van der Waals surface area contributed by atoms with Crippen LogP contribution in [0.2, 0.25) is 10.0 Å². The van der Waals surface area contributed by atoms with Gasteiger partial charge in [-0.2, -0.15) is 0 Å². The average Bonchev–Trinajstić information content (AvgIpc) is 3.42. The lowest BCUT2D eigenvalue weighted by Crippen LogP contribution is -2.43. The summed E-state index contributed by atoms with van der Waals surface area (Å²) >= 11 is 14.2. The fourth-order valence-electron chi connectivity index (χ4n) is 4.68. The normalized spacial score (nSPS) is 11.6. The van der Waals surface area contributed by atoms with Crippen LogP contribution in [0.1, 0.15) is 46.1 Å². The molecule has 14 heteroatoms. The van der Waals surface area contributed by atoms with E-state index in [0.717, 1.165) is 29.3 Å². The minimum absolute atomic E-state index is 0.0348. The van der Waals surface area contributed by atoms with Crippen molar-refractivity contribution in [1.82, 2.24) is 24.3 Å². The van der Waals surface area contributed by atoms with Gasteiger partial charge in [-0.3, -0.25) is 23.7 Å². The maximum absolute atomic E-state index is 13.8. The Morgan fingerprint density at radius 2 is 1.82 bits per heavy atom. The van der Waals surface area contributed by atoms with Crippen LogP contribution in [-0.4, -0.2) is 56.2 Å². The third kappa shape index (κ3) is 7.63. The Labute approximate surface area is 275 Å². The summed E-state index contributed by atoms with van der Waals surface area (Å²) in [6.07, 6.45) is 1.48. The number of H-pyrrole nitrogens is 1. The highest BCUT2D eigenvalue weighted by Gasteiger charge is 2.26. The molecule has 45 heavy (non-hydrogen) atoms. The molecule has 0 spiro atoms. The second-order valence-corrected chi connectivity index (χ2v) is 13.1. The van der Waals surface area contributed by atoms with Crippen LogP contribution < -0.4 is 21.9 Å². The molecule has 4 rings (SSSR count). The number of carbonyl (C=O) groups is 1. The van der Waals surface area contributed by atoms with Gasteiger partial charge in [0.25, 0.3) is 5.56 Å². The first-order valence-corrected chi connectivity index (χ1v) is 16.2. The van der Waals surface area contributed by atoms with Crippen molar-refractivity contribution in [2.75, 3.05) is 36.6 Å². The zero-order valence-corrected chi connectivity index (χ0v) is 28.2. The first-order chi connectivity index (χ1) is 21.4. The summed E-state index contributed by atoms with van der Waals surface area (Å²) in [7, 11) is 1.49. The van der Waals surface area contributed by atoms with Gasteiger partial charge in [0.2, 0.25) is 5.91 Å². The van der Waals surface area contributed by atoms with Crippen LogP contribution in [0, 0.1) is 0 Å². The number of thioether (sulfide) groups is 1. The van der Waals surface area contributed by atoms with Crippen LogP contribution >= 0.6 is 35.0 Å². The highest BCUT2D eigenvalue weighted by molar-refractivity contribution is 7.99. The Morgan fingerprint density at radius 1 is 1.11 bits per heavy atom. The SMILES string of the molecule is CCCCn1c(N)c(N(CCOC)C(=O)CSc2nnc(-c3ccc(C(C)(C)C)cc3)n2-c2cccc(Cl)c2Cl)c(=O)[nH]c1=O. The molecule has 0 fully saturated rings. The average molecular weight is 675 g/mol. The van der Waals surface area contributed by atoms with Gasteiger partial charge in [-0.25, -0.2) is 4.79 Å². The van der Waals surface area contributed by atoms with E-state index in [1.807, 2.05) is 31.2 Å². The number of amides is 1. The third-order valence-electron chi connectivity index (χ3n) is 7.18. The maximum Gasteiger partial charge on any atom is 0.330 e. The number of hydrogen-bond donors (Lipinski definition) is 2. The fraction of sp³-hybridized carbons (Fsp3) is 0.387. The lowest BCUT2D eigenvalue weighted by atomic mass is 9.87. The lowest BCUT2D eigenvalue weighted by molar-refractivity contribution is -0.116. The number of nitrogens with zero attached hydrogens (tertiary/aromatic N) is 5. The molecule has 2 heterocycles. The molecule has 2 aromatic heterocycles. The van der Waals surface area contributed by atoms with Gasteiger partial charge in [0.15, 0.2) is 16.7 Å². The fourth-order valence-corrected chi connectivity index (χ4v) is 5.88. The molecule has 2 aromatic carbocycles. The molecule has 3 N–H and O–H groups in total. The minimum Gasteiger partial charge on any atom is -0.383 e. The largest absolute Gasteiger partial charge is 0.383 e. The Morgan fingerprint density at radius 3 is 2.47 bits per heavy atom.